The van der Waals surface area contributed by atoms with Crippen LogP contribution in [0.3, 0.4) is 0 Å². The van der Waals surface area contributed by atoms with Crippen LogP contribution in [-0.4, -0.2) is 62.3 Å². The van der Waals surface area contributed by atoms with Crippen molar-refractivity contribution in [1.29, 1.82) is 0 Å². The number of benzene rings is 2. The summed E-state index contributed by atoms with van der Waals surface area (Å²) >= 11 is 0. The number of hydrogen-bond donors (Lipinski definition) is 0. The predicted octanol–water partition coefficient (Wildman–Crippen LogP) is 1.86. The maximum absolute atomic E-state index is 13.8. The van der Waals surface area contributed by atoms with E-state index in [-0.39, 0.29) is 30.7 Å². The highest BCUT2D eigenvalue weighted by Crippen LogP contribution is 2.33. The van der Waals surface area contributed by atoms with Crippen LogP contribution in [-0.2, 0) is 14.3 Å². The van der Waals surface area contributed by atoms with Crippen molar-refractivity contribution in [2.45, 2.75) is 6.10 Å². The van der Waals surface area contributed by atoms with Gasteiger partial charge in [0.15, 0.2) is 24.3 Å². The molecule has 0 aromatic heterocycles. The summed E-state index contributed by atoms with van der Waals surface area (Å²) in [5.41, 5.74) is 0.556. The molecule has 8 heteroatoms. The molecule has 0 spiro atoms. The van der Waals surface area contributed by atoms with Gasteiger partial charge in [0, 0.05) is 13.1 Å². The minimum absolute atomic E-state index is 0.00309. The van der Waals surface area contributed by atoms with Crippen LogP contribution in [0.15, 0.2) is 48.5 Å². The molecule has 152 valence electrons. The molecule has 2 amide bonds. The average molecular weight is 400 g/mol. The molecule has 1 fully saturated rings. The third-order valence-corrected chi connectivity index (χ3v) is 4.86. The van der Waals surface area contributed by atoms with E-state index in [1.165, 1.54) is 17.0 Å². The Morgan fingerprint density at radius 3 is 2.59 bits per heavy atom. The molecule has 0 N–H and O–H groups in total. The molecule has 1 saturated heterocycles. The van der Waals surface area contributed by atoms with Crippen molar-refractivity contribution in [3.63, 3.8) is 0 Å². The van der Waals surface area contributed by atoms with Crippen LogP contribution >= 0.6 is 0 Å². The zero-order valence-electron chi connectivity index (χ0n) is 15.8. The molecule has 0 saturated carbocycles. The molecule has 2 heterocycles. The molecular formula is C21H21FN2O5. The van der Waals surface area contributed by atoms with Crippen LogP contribution < -0.4 is 14.4 Å². The van der Waals surface area contributed by atoms with E-state index in [1.54, 1.807) is 41.3 Å². The van der Waals surface area contributed by atoms with E-state index >= 15 is 0 Å². The molecule has 0 unspecified atom stereocenters. The predicted molar refractivity (Wildman–Crippen MR) is 103 cm³/mol. The number of anilines is 1. The molecule has 2 aromatic rings. The van der Waals surface area contributed by atoms with Crippen LogP contribution in [0.4, 0.5) is 10.1 Å². The zero-order chi connectivity index (χ0) is 20.2. The van der Waals surface area contributed by atoms with E-state index in [0.717, 1.165) is 0 Å². The van der Waals surface area contributed by atoms with Crippen LogP contribution in [0.1, 0.15) is 0 Å². The van der Waals surface area contributed by atoms with Crippen LogP contribution in [0, 0.1) is 5.82 Å². The first-order valence-corrected chi connectivity index (χ1v) is 9.43. The van der Waals surface area contributed by atoms with Gasteiger partial charge in [-0.25, -0.2) is 4.39 Å². The Balaban J connectivity index is 1.50. The summed E-state index contributed by atoms with van der Waals surface area (Å²) in [6, 6.07) is 12.9. The Morgan fingerprint density at radius 2 is 1.79 bits per heavy atom. The van der Waals surface area contributed by atoms with Crippen LogP contribution in [0.5, 0.6) is 11.5 Å². The van der Waals surface area contributed by atoms with Gasteiger partial charge in [-0.3, -0.25) is 9.59 Å². The second-order valence-corrected chi connectivity index (χ2v) is 6.74. The summed E-state index contributed by atoms with van der Waals surface area (Å²) in [5.74, 6) is -0.657. The van der Waals surface area contributed by atoms with Gasteiger partial charge in [0.2, 0.25) is 0 Å². The molecule has 0 aliphatic carbocycles. The van der Waals surface area contributed by atoms with E-state index in [4.69, 9.17) is 14.2 Å². The van der Waals surface area contributed by atoms with Gasteiger partial charge in [0.25, 0.3) is 11.8 Å². The number of halogens is 1. The fourth-order valence-corrected chi connectivity index (χ4v) is 3.37. The number of amides is 2. The molecule has 4 rings (SSSR count). The highest BCUT2D eigenvalue weighted by Gasteiger charge is 2.36. The third kappa shape index (κ3) is 4.17. The Hall–Kier alpha value is -3.13. The maximum Gasteiger partial charge on any atom is 0.265 e. The first-order valence-electron chi connectivity index (χ1n) is 9.43. The quantitative estimate of drug-likeness (QED) is 0.784. The van der Waals surface area contributed by atoms with Crippen molar-refractivity contribution < 1.29 is 28.2 Å². The summed E-state index contributed by atoms with van der Waals surface area (Å²) in [7, 11) is 0. The molecule has 2 aliphatic rings. The zero-order valence-corrected chi connectivity index (χ0v) is 15.8. The van der Waals surface area contributed by atoms with Crippen LogP contribution in [0.2, 0.25) is 0 Å². The lowest BCUT2D eigenvalue weighted by Gasteiger charge is -2.37. The summed E-state index contributed by atoms with van der Waals surface area (Å²) < 4.78 is 30.3. The van der Waals surface area contributed by atoms with E-state index in [1.807, 2.05) is 0 Å². The standard InChI is InChI=1S/C21H21FN2O5/c22-15-5-1-3-7-17(15)28-14-20(25)24-13-19(21(26)23-9-11-27-12-10-23)29-18-8-4-2-6-16(18)24/h1-8,19H,9-14H2/t19-/m1/s1. The highest BCUT2D eigenvalue weighted by molar-refractivity contribution is 5.98. The lowest BCUT2D eigenvalue weighted by Crippen LogP contribution is -2.54. The van der Waals surface area contributed by atoms with Crippen molar-refractivity contribution in [2.24, 2.45) is 0 Å². The van der Waals surface area contributed by atoms with E-state index < -0.39 is 11.9 Å². The number of fused-ring (bicyclic) bond motifs is 1. The number of nitrogens with zero attached hydrogens (tertiary/aromatic N) is 2. The number of rotatable bonds is 4. The fraction of sp³-hybridized carbons (Fsp3) is 0.333. The van der Waals surface area contributed by atoms with Crippen molar-refractivity contribution in [2.75, 3.05) is 44.4 Å². The minimum Gasteiger partial charge on any atom is -0.481 e. The lowest BCUT2D eigenvalue weighted by molar-refractivity contribution is -0.142. The number of carbonyl (C=O) groups excluding carboxylic acids is 2. The van der Waals surface area contributed by atoms with E-state index in [9.17, 15) is 14.0 Å². The molecule has 7 nitrogen and oxygen atoms in total. The van der Waals surface area contributed by atoms with Crippen molar-refractivity contribution in [1.82, 2.24) is 4.90 Å². The number of hydrogen-bond acceptors (Lipinski definition) is 5. The molecule has 2 aromatic carbocycles. The monoisotopic (exact) mass is 400 g/mol. The first-order chi connectivity index (χ1) is 14.1. The van der Waals surface area contributed by atoms with Gasteiger partial charge in [-0.2, -0.15) is 0 Å². The topological polar surface area (TPSA) is 68.3 Å². The molecule has 2 aliphatic heterocycles. The van der Waals surface area contributed by atoms with Gasteiger partial charge in [0.1, 0.15) is 5.75 Å². The number of ether oxygens (including phenoxy) is 3. The second-order valence-electron chi connectivity index (χ2n) is 6.74. The van der Waals surface area contributed by atoms with E-state index in [2.05, 4.69) is 0 Å². The Morgan fingerprint density at radius 1 is 1.07 bits per heavy atom. The SMILES string of the molecule is O=C([C@H]1CN(C(=O)COc2ccccc2F)c2ccccc2O1)N1CCOCC1. The Kier molecular flexibility index (Phi) is 5.62. The van der Waals surface area contributed by atoms with Crippen molar-refractivity contribution in [3.8, 4) is 11.5 Å². The highest BCUT2D eigenvalue weighted by atomic mass is 19.1. The van der Waals surface area contributed by atoms with Crippen molar-refractivity contribution in [3.05, 3.63) is 54.3 Å². The molecular weight excluding hydrogens is 379 g/mol. The van der Waals surface area contributed by atoms with Gasteiger partial charge in [-0.15, -0.1) is 0 Å². The normalized spacial score (nSPS) is 18.6. The van der Waals surface area contributed by atoms with Crippen LogP contribution in [0.25, 0.3) is 0 Å². The van der Waals surface area contributed by atoms with Gasteiger partial charge in [0.05, 0.1) is 25.4 Å². The smallest absolute Gasteiger partial charge is 0.265 e. The summed E-state index contributed by atoms with van der Waals surface area (Å²) in [4.78, 5) is 28.9. The third-order valence-electron chi connectivity index (χ3n) is 4.86. The Bertz CT molecular complexity index is 900. The average Bonchev–Trinajstić information content (AvgIpc) is 2.77. The first kappa shape index (κ1) is 19.2. The largest absolute Gasteiger partial charge is 0.481 e. The summed E-state index contributed by atoms with van der Waals surface area (Å²) in [5, 5.41) is 0. The number of carbonyl (C=O) groups is 2. The van der Waals surface area contributed by atoms with E-state index in [0.29, 0.717) is 37.7 Å². The fourth-order valence-electron chi connectivity index (χ4n) is 3.37. The second kappa shape index (κ2) is 8.48. The van der Waals surface area contributed by atoms with Gasteiger partial charge in [-0.1, -0.05) is 24.3 Å². The number of para-hydroxylation sites is 3. The summed E-state index contributed by atoms with van der Waals surface area (Å²) in [6.07, 6.45) is -0.819. The maximum atomic E-state index is 13.8. The van der Waals surface area contributed by atoms with Gasteiger partial charge in [-0.05, 0) is 24.3 Å². The van der Waals surface area contributed by atoms with Gasteiger partial charge >= 0.3 is 0 Å². The van der Waals surface area contributed by atoms with Crippen molar-refractivity contribution >= 4 is 17.5 Å². The minimum atomic E-state index is -0.819. The van der Waals surface area contributed by atoms with Gasteiger partial charge < -0.3 is 24.0 Å². The Labute approximate surface area is 167 Å². The summed E-state index contributed by atoms with van der Waals surface area (Å²) in [6.45, 7) is 1.65. The molecule has 1 atom stereocenters. The molecule has 29 heavy (non-hydrogen) atoms. The molecule has 0 bridgehead atoms. The molecule has 0 radical (unpaired) electrons. The number of morpholine rings is 1. The lowest BCUT2D eigenvalue weighted by atomic mass is 10.1.